The van der Waals surface area contributed by atoms with Gasteiger partial charge in [0.15, 0.2) is 0 Å². The number of rotatable bonds is 2. The van der Waals surface area contributed by atoms with E-state index in [0.717, 1.165) is 24.2 Å². The lowest BCUT2D eigenvalue weighted by Gasteiger charge is -2.21. The predicted octanol–water partition coefficient (Wildman–Crippen LogP) is 1.24. The summed E-state index contributed by atoms with van der Waals surface area (Å²) in [6.45, 7) is 5.18. The van der Waals surface area contributed by atoms with Crippen molar-refractivity contribution in [3.05, 3.63) is 21.6 Å². The third-order valence-electron chi connectivity index (χ3n) is 2.88. The summed E-state index contributed by atoms with van der Waals surface area (Å²) in [5, 5.41) is 5.65. The van der Waals surface area contributed by atoms with E-state index in [2.05, 4.69) is 36.0 Å². The van der Waals surface area contributed by atoms with E-state index in [0.29, 0.717) is 12.0 Å². The van der Waals surface area contributed by atoms with Crippen LogP contribution in [0, 0.1) is 5.92 Å². The van der Waals surface area contributed by atoms with Gasteiger partial charge in [-0.1, -0.05) is 13.8 Å². The number of aromatic amines is 2. The predicted molar refractivity (Wildman–Crippen MR) is 55.1 cm³/mol. The van der Waals surface area contributed by atoms with Gasteiger partial charge >= 0.3 is 0 Å². The zero-order valence-corrected chi connectivity index (χ0v) is 8.92. The maximum Gasteiger partial charge on any atom is 0.268 e. The average Bonchev–Trinajstić information content (AvgIpc) is 2.57. The molecule has 2 N–H and O–H groups in total. The molecule has 2 heterocycles. The Balaban J connectivity index is 2.30. The van der Waals surface area contributed by atoms with Crippen molar-refractivity contribution in [2.45, 2.75) is 32.9 Å². The molecule has 0 radical (unpaired) electrons. The fraction of sp³-hybridized carbons (Fsp3) is 0.700. The normalized spacial score (nSPS) is 21.9. The maximum atomic E-state index is 11.4. The Morgan fingerprint density at radius 2 is 2.21 bits per heavy atom. The second-order valence-corrected chi connectivity index (χ2v) is 4.53. The molecule has 0 bridgehead atoms. The first-order valence-corrected chi connectivity index (χ1v) is 5.09. The van der Waals surface area contributed by atoms with Gasteiger partial charge in [0.2, 0.25) is 0 Å². The second kappa shape index (κ2) is 3.28. The van der Waals surface area contributed by atoms with E-state index in [1.54, 1.807) is 0 Å². The molecule has 0 spiro atoms. The molecule has 0 fully saturated rings. The van der Waals surface area contributed by atoms with Gasteiger partial charge < -0.3 is 5.10 Å². The fourth-order valence-electron chi connectivity index (χ4n) is 2.16. The van der Waals surface area contributed by atoms with Crippen LogP contribution in [-0.2, 0) is 6.54 Å². The Kier molecular flexibility index (Phi) is 2.23. The van der Waals surface area contributed by atoms with E-state index in [4.69, 9.17) is 0 Å². The van der Waals surface area contributed by atoms with Crippen molar-refractivity contribution in [3.8, 4) is 0 Å². The summed E-state index contributed by atoms with van der Waals surface area (Å²) in [6.07, 6.45) is 1.09. The minimum absolute atomic E-state index is 0.0399. The summed E-state index contributed by atoms with van der Waals surface area (Å²) >= 11 is 0. The zero-order valence-electron chi connectivity index (χ0n) is 8.92. The van der Waals surface area contributed by atoms with E-state index in [1.165, 1.54) is 0 Å². The van der Waals surface area contributed by atoms with Gasteiger partial charge in [0.1, 0.15) is 0 Å². The highest BCUT2D eigenvalue weighted by Gasteiger charge is 2.31. The van der Waals surface area contributed by atoms with Crippen LogP contribution < -0.4 is 5.56 Å². The highest BCUT2D eigenvalue weighted by Crippen LogP contribution is 2.33. The average molecular weight is 195 g/mol. The maximum absolute atomic E-state index is 11.4. The van der Waals surface area contributed by atoms with Crippen molar-refractivity contribution in [1.29, 1.82) is 0 Å². The molecule has 0 saturated heterocycles. The Bertz CT molecular complexity index is 377. The molecular weight excluding hydrogens is 178 g/mol. The summed E-state index contributed by atoms with van der Waals surface area (Å²) in [7, 11) is 2.07. The van der Waals surface area contributed by atoms with E-state index < -0.39 is 0 Å². The number of aromatic nitrogens is 2. The topological polar surface area (TPSA) is 51.9 Å². The van der Waals surface area contributed by atoms with Crippen LogP contribution in [0.25, 0.3) is 0 Å². The van der Waals surface area contributed by atoms with Crippen LogP contribution in [0.2, 0.25) is 0 Å². The molecule has 1 aromatic heterocycles. The van der Waals surface area contributed by atoms with Crippen LogP contribution in [0.1, 0.15) is 37.6 Å². The largest absolute Gasteiger partial charge is 0.300 e. The zero-order chi connectivity index (χ0) is 10.3. The SMILES string of the molecule is CC(C)CC1c2[nH][nH]c(=O)c2CN1C. The van der Waals surface area contributed by atoms with E-state index in [9.17, 15) is 4.79 Å². The van der Waals surface area contributed by atoms with Crippen molar-refractivity contribution in [2.75, 3.05) is 7.05 Å². The highest BCUT2D eigenvalue weighted by atomic mass is 16.1. The van der Waals surface area contributed by atoms with Crippen LogP contribution in [0.5, 0.6) is 0 Å². The second-order valence-electron chi connectivity index (χ2n) is 4.53. The Morgan fingerprint density at radius 3 is 2.86 bits per heavy atom. The summed E-state index contributed by atoms with van der Waals surface area (Å²) in [5.41, 5.74) is 2.04. The first kappa shape index (κ1) is 9.52. The third-order valence-corrected chi connectivity index (χ3v) is 2.88. The fourth-order valence-corrected chi connectivity index (χ4v) is 2.16. The van der Waals surface area contributed by atoms with Gasteiger partial charge in [-0.15, -0.1) is 0 Å². The number of nitrogens with one attached hydrogen (secondary N) is 2. The molecule has 0 saturated carbocycles. The van der Waals surface area contributed by atoms with Crippen molar-refractivity contribution >= 4 is 0 Å². The smallest absolute Gasteiger partial charge is 0.268 e. The Hall–Kier alpha value is -1.03. The molecule has 1 aliphatic rings. The van der Waals surface area contributed by atoms with Crippen molar-refractivity contribution < 1.29 is 0 Å². The summed E-state index contributed by atoms with van der Waals surface area (Å²) in [5.74, 6) is 0.645. The Labute approximate surface area is 83.3 Å². The van der Waals surface area contributed by atoms with Crippen LogP contribution in [0.3, 0.4) is 0 Å². The molecule has 1 aliphatic heterocycles. The molecule has 4 heteroatoms. The monoisotopic (exact) mass is 195 g/mol. The van der Waals surface area contributed by atoms with Gasteiger partial charge in [0.25, 0.3) is 5.56 Å². The molecular formula is C10H17N3O. The molecule has 1 aromatic rings. The molecule has 1 atom stereocenters. The number of hydrogen-bond donors (Lipinski definition) is 2. The van der Waals surface area contributed by atoms with Crippen LogP contribution in [0.15, 0.2) is 4.79 Å². The minimum atomic E-state index is 0.0399. The number of nitrogens with zero attached hydrogens (tertiary/aromatic N) is 1. The first-order chi connectivity index (χ1) is 6.59. The number of fused-ring (bicyclic) bond motifs is 1. The standard InChI is InChI=1S/C10H17N3O/c1-6(2)4-8-9-7(5-13(8)3)10(14)12-11-9/h6,8H,4-5H2,1-3H3,(H2,11,12,14). The van der Waals surface area contributed by atoms with Crippen molar-refractivity contribution in [1.82, 2.24) is 15.1 Å². The molecule has 0 aliphatic carbocycles. The summed E-state index contributed by atoms with van der Waals surface area (Å²) < 4.78 is 0. The number of hydrogen-bond acceptors (Lipinski definition) is 2. The summed E-state index contributed by atoms with van der Waals surface area (Å²) in [4.78, 5) is 13.6. The van der Waals surface area contributed by atoms with Gasteiger partial charge in [0.05, 0.1) is 17.3 Å². The van der Waals surface area contributed by atoms with Gasteiger partial charge in [-0.25, -0.2) is 0 Å². The van der Waals surface area contributed by atoms with Gasteiger partial charge in [-0.2, -0.15) is 0 Å². The molecule has 0 aromatic carbocycles. The number of H-pyrrole nitrogens is 2. The molecule has 14 heavy (non-hydrogen) atoms. The van der Waals surface area contributed by atoms with Crippen LogP contribution in [0.4, 0.5) is 0 Å². The van der Waals surface area contributed by atoms with E-state index in [-0.39, 0.29) is 5.56 Å². The lowest BCUT2D eigenvalue weighted by molar-refractivity contribution is 0.231. The molecule has 0 amide bonds. The van der Waals surface area contributed by atoms with E-state index >= 15 is 0 Å². The lowest BCUT2D eigenvalue weighted by Crippen LogP contribution is -2.20. The molecule has 1 unspecified atom stereocenters. The lowest BCUT2D eigenvalue weighted by atomic mass is 10.0. The molecule has 4 nitrogen and oxygen atoms in total. The Morgan fingerprint density at radius 1 is 1.50 bits per heavy atom. The van der Waals surface area contributed by atoms with Gasteiger partial charge in [-0.3, -0.25) is 14.8 Å². The van der Waals surface area contributed by atoms with Crippen molar-refractivity contribution in [2.24, 2.45) is 5.92 Å². The van der Waals surface area contributed by atoms with E-state index in [1.807, 2.05) is 0 Å². The minimum Gasteiger partial charge on any atom is -0.300 e. The summed E-state index contributed by atoms with van der Waals surface area (Å²) in [6, 6.07) is 0.379. The van der Waals surface area contributed by atoms with Gasteiger partial charge in [-0.05, 0) is 19.4 Å². The molecule has 2 rings (SSSR count). The first-order valence-electron chi connectivity index (χ1n) is 5.09. The quantitative estimate of drug-likeness (QED) is 0.746. The van der Waals surface area contributed by atoms with Crippen LogP contribution in [-0.4, -0.2) is 22.1 Å². The van der Waals surface area contributed by atoms with Crippen LogP contribution >= 0.6 is 0 Å². The third kappa shape index (κ3) is 1.39. The van der Waals surface area contributed by atoms with Gasteiger partial charge in [0, 0.05) is 6.54 Å². The molecule has 78 valence electrons. The highest BCUT2D eigenvalue weighted by molar-refractivity contribution is 5.25. The van der Waals surface area contributed by atoms with Crippen molar-refractivity contribution in [3.63, 3.8) is 0 Å².